The fourth-order valence-corrected chi connectivity index (χ4v) is 4.61. The summed E-state index contributed by atoms with van der Waals surface area (Å²) >= 11 is 9.25. The Kier molecular flexibility index (Phi) is 4.62. The van der Waals surface area contributed by atoms with Gasteiger partial charge in [0.15, 0.2) is 16.7 Å². The van der Waals surface area contributed by atoms with Gasteiger partial charge in [0.25, 0.3) is 5.56 Å². The van der Waals surface area contributed by atoms with Crippen molar-refractivity contribution in [2.24, 2.45) is 7.05 Å². The van der Waals surface area contributed by atoms with Crippen LogP contribution < -0.4 is 15.0 Å². The molecule has 25 heavy (non-hydrogen) atoms. The third-order valence-corrected chi connectivity index (χ3v) is 6.15. The Morgan fingerprint density at radius 2 is 2.20 bits per heavy atom. The Hall–Kier alpha value is -1.70. The first-order chi connectivity index (χ1) is 12.1. The molecule has 1 aliphatic rings. The Balaban J connectivity index is 1.61. The van der Waals surface area contributed by atoms with Gasteiger partial charge in [-0.1, -0.05) is 23.4 Å². The molecule has 0 amide bonds. The smallest absolute Gasteiger partial charge is 0.271 e. The lowest BCUT2D eigenvalue weighted by Crippen LogP contribution is -2.18. The maximum absolute atomic E-state index is 12.4. The van der Waals surface area contributed by atoms with Gasteiger partial charge in [-0.25, -0.2) is 4.98 Å². The Morgan fingerprint density at radius 3 is 3.08 bits per heavy atom. The van der Waals surface area contributed by atoms with E-state index in [4.69, 9.17) is 21.1 Å². The van der Waals surface area contributed by atoms with E-state index < -0.39 is 0 Å². The number of ether oxygens (including phenoxy) is 2. The summed E-state index contributed by atoms with van der Waals surface area (Å²) in [6.45, 7) is 1.22. The molecule has 0 fully saturated rings. The summed E-state index contributed by atoms with van der Waals surface area (Å²) in [5, 5.41) is 3.11. The van der Waals surface area contributed by atoms with Crippen LogP contribution in [0.4, 0.5) is 0 Å². The summed E-state index contributed by atoms with van der Waals surface area (Å²) in [6.07, 6.45) is 0.835. The highest BCUT2D eigenvalue weighted by atomic mass is 35.5. The molecular weight excluding hydrogens is 380 g/mol. The van der Waals surface area contributed by atoms with Crippen molar-refractivity contribution in [3.05, 3.63) is 44.5 Å². The van der Waals surface area contributed by atoms with Gasteiger partial charge in [0.2, 0.25) is 0 Å². The molecule has 1 aliphatic heterocycles. The first kappa shape index (κ1) is 16.8. The SMILES string of the molecule is Cn1c(SCc2cc(Cl)c3c(c2)OCCCO3)nc2ccsc2c1=O. The van der Waals surface area contributed by atoms with Gasteiger partial charge in [-0.15, -0.1) is 11.3 Å². The third-order valence-electron chi connectivity index (χ3n) is 3.88. The van der Waals surface area contributed by atoms with E-state index in [-0.39, 0.29) is 5.56 Å². The van der Waals surface area contributed by atoms with Crippen molar-refractivity contribution in [2.75, 3.05) is 13.2 Å². The molecule has 130 valence electrons. The van der Waals surface area contributed by atoms with Crippen LogP contribution in [0.5, 0.6) is 11.5 Å². The first-order valence-corrected chi connectivity index (χ1v) is 10.0. The van der Waals surface area contributed by atoms with Gasteiger partial charge in [-0.05, 0) is 29.1 Å². The van der Waals surface area contributed by atoms with Gasteiger partial charge >= 0.3 is 0 Å². The quantitative estimate of drug-likeness (QED) is 0.494. The van der Waals surface area contributed by atoms with Crippen LogP contribution in [-0.4, -0.2) is 22.8 Å². The van der Waals surface area contributed by atoms with E-state index in [9.17, 15) is 4.79 Å². The maximum Gasteiger partial charge on any atom is 0.271 e. The van der Waals surface area contributed by atoms with Crippen molar-refractivity contribution in [3.8, 4) is 11.5 Å². The van der Waals surface area contributed by atoms with E-state index in [2.05, 4.69) is 4.98 Å². The van der Waals surface area contributed by atoms with Crippen molar-refractivity contribution in [2.45, 2.75) is 17.3 Å². The molecule has 0 unspecified atom stereocenters. The summed E-state index contributed by atoms with van der Waals surface area (Å²) in [7, 11) is 1.75. The third kappa shape index (κ3) is 3.23. The molecule has 8 heteroatoms. The van der Waals surface area contributed by atoms with Crippen molar-refractivity contribution in [1.82, 2.24) is 9.55 Å². The molecule has 3 aromatic rings. The second kappa shape index (κ2) is 6.90. The minimum absolute atomic E-state index is 0.0146. The second-order valence-electron chi connectivity index (χ2n) is 5.64. The number of nitrogens with zero attached hydrogens (tertiary/aromatic N) is 2. The monoisotopic (exact) mass is 394 g/mol. The zero-order valence-electron chi connectivity index (χ0n) is 13.5. The van der Waals surface area contributed by atoms with Crippen LogP contribution in [-0.2, 0) is 12.8 Å². The number of aromatic nitrogens is 2. The number of benzene rings is 1. The van der Waals surface area contributed by atoms with Gasteiger partial charge in [0.05, 0.1) is 23.8 Å². The average Bonchev–Trinajstić information content (AvgIpc) is 2.94. The first-order valence-electron chi connectivity index (χ1n) is 7.78. The van der Waals surface area contributed by atoms with E-state index in [1.807, 2.05) is 23.6 Å². The van der Waals surface area contributed by atoms with Crippen LogP contribution in [0, 0.1) is 0 Å². The molecule has 3 heterocycles. The van der Waals surface area contributed by atoms with E-state index in [0.717, 1.165) is 17.5 Å². The molecule has 2 aromatic heterocycles. The molecule has 0 spiro atoms. The minimum atomic E-state index is -0.0146. The molecule has 0 radical (unpaired) electrons. The van der Waals surface area contributed by atoms with Gasteiger partial charge in [-0.3, -0.25) is 9.36 Å². The molecule has 0 saturated heterocycles. The predicted molar refractivity (Wildman–Crippen MR) is 101 cm³/mol. The number of thioether (sulfide) groups is 1. The highest BCUT2D eigenvalue weighted by molar-refractivity contribution is 7.98. The van der Waals surface area contributed by atoms with Crippen molar-refractivity contribution >= 4 is 44.9 Å². The van der Waals surface area contributed by atoms with Crippen LogP contribution >= 0.6 is 34.7 Å². The lowest BCUT2D eigenvalue weighted by atomic mass is 10.2. The Bertz CT molecular complexity index is 999. The minimum Gasteiger partial charge on any atom is -0.489 e. The lowest BCUT2D eigenvalue weighted by molar-refractivity contribution is 0.297. The zero-order valence-corrected chi connectivity index (χ0v) is 15.8. The number of halogens is 1. The van der Waals surface area contributed by atoms with Crippen molar-refractivity contribution in [3.63, 3.8) is 0 Å². The molecular formula is C17H15ClN2O3S2. The van der Waals surface area contributed by atoms with Crippen LogP contribution in [0.3, 0.4) is 0 Å². The molecule has 1 aromatic carbocycles. The lowest BCUT2D eigenvalue weighted by Gasteiger charge is -2.12. The van der Waals surface area contributed by atoms with Gasteiger partial charge in [-0.2, -0.15) is 0 Å². The standard InChI is InChI=1S/C17H15ClN2O3S2/c1-20-16(21)15-12(3-6-24-15)19-17(20)25-9-10-7-11(18)14-13(8-10)22-4-2-5-23-14/h3,6-8H,2,4-5,9H2,1H3. The van der Waals surface area contributed by atoms with Crippen LogP contribution in [0.25, 0.3) is 10.2 Å². The Labute approximate surface area is 157 Å². The van der Waals surface area contributed by atoms with E-state index in [1.165, 1.54) is 23.1 Å². The largest absolute Gasteiger partial charge is 0.489 e. The zero-order chi connectivity index (χ0) is 17.4. The molecule has 5 nitrogen and oxygen atoms in total. The second-order valence-corrected chi connectivity index (χ2v) is 7.90. The molecule has 0 saturated carbocycles. The Morgan fingerprint density at radius 1 is 1.36 bits per heavy atom. The average molecular weight is 395 g/mol. The fraction of sp³-hybridized carbons (Fsp3) is 0.294. The van der Waals surface area contributed by atoms with Gasteiger partial charge in [0.1, 0.15) is 4.70 Å². The number of hydrogen-bond donors (Lipinski definition) is 0. The van der Waals surface area contributed by atoms with Gasteiger partial charge in [0, 0.05) is 19.2 Å². The number of hydrogen-bond acceptors (Lipinski definition) is 6. The topological polar surface area (TPSA) is 53.4 Å². The maximum atomic E-state index is 12.4. The molecule has 0 bridgehead atoms. The van der Waals surface area contributed by atoms with Crippen LogP contribution in [0.15, 0.2) is 33.5 Å². The fourth-order valence-electron chi connectivity index (χ4n) is 2.61. The summed E-state index contributed by atoms with van der Waals surface area (Å²) < 4.78 is 13.7. The van der Waals surface area contributed by atoms with Crippen LogP contribution in [0.1, 0.15) is 12.0 Å². The van der Waals surface area contributed by atoms with Crippen molar-refractivity contribution < 1.29 is 9.47 Å². The summed E-state index contributed by atoms with van der Waals surface area (Å²) in [6, 6.07) is 5.69. The number of thiophene rings is 1. The van der Waals surface area contributed by atoms with Crippen molar-refractivity contribution in [1.29, 1.82) is 0 Å². The highest BCUT2D eigenvalue weighted by Gasteiger charge is 2.16. The predicted octanol–water partition coefficient (Wildman–Crippen LogP) is 4.10. The summed E-state index contributed by atoms with van der Waals surface area (Å²) in [4.78, 5) is 17.0. The molecule has 0 atom stereocenters. The number of rotatable bonds is 3. The number of fused-ring (bicyclic) bond motifs is 2. The normalized spacial score (nSPS) is 13.8. The van der Waals surface area contributed by atoms with E-state index in [0.29, 0.717) is 45.3 Å². The van der Waals surface area contributed by atoms with Crippen LogP contribution in [0.2, 0.25) is 5.02 Å². The summed E-state index contributed by atoms with van der Waals surface area (Å²) in [5.74, 6) is 1.92. The van der Waals surface area contributed by atoms with E-state index >= 15 is 0 Å². The summed E-state index contributed by atoms with van der Waals surface area (Å²) in [5.41, 5.74) is 1.73. The molecule has 4 rings (SSSR count). The molecule has 0 aliphatic carbocycles. The molecule has 0 N–H and O–H groups in total. The van der Waals surface area contributed by atoms with Gasteiger partial charge < -0.3 is 9.47 Å². The van der Waals surface area contributed by atoms with E-state index in [1.54, 1.807) is 11.6 Å². The highest BCUT2D eigenvalue weighted by Crippen LogP contribution is 2.39.